The van der Waals surface area contributed by atoms with Crippen LogP contribution in [0.2, 0.25) is 0 Å². The number of aliphatic hydroxyl groups excluding tert-OH is 1. The summed E-state index contributed by atoms with van der Waals surface area (Å²) in [5.41, 5.74) is 26.6. The second kappa shape index (κ2) is 40.7. The summed E-state index contributed by atoms with van der Waals surface area (Å²) in [5.74, 6) is -3.73. The molecule has 8 aromatic heterocycles. The van der Waals surface area contributed by atoms with Crippen LogP contribution in [0, 0.1) is 5.92 Å². The summed E-state index contributed by atoms with van der Waals surface area (Å²) in [6.07, 6.45) is -12.7. The molecule has 0 radical (unpaired) electrons. The average Bonchev–Trinajstić information content (AvgIpc) is 0.824. The largest absolute Gasteiger partial charge is 0.418 e. The zero-order valence-corrected chi connectivity index (χ0v) is 68.3. The first-order chi connectivity index (χ1) is 58.5. The van der Waals surface area contributed by atoms with Crippen molar-refractivity contribution in [2.75, 3.05) is 109 Å². The van der Waals surface area contributed by atoms with Gasteiger partial charge in [-0.2, -0.15) is 52.7 Å². The lowest BCUT2D eigenvalue weighted by Crippen LogP contribution is -2.57. The van der Waals surface area contributed by atoms with Gasteiger partial charge in [0.15, 0.2) is 0 Å². The highest BCUT2D eigenvalue weighted by atomic mass is 19.4. The Hall–Kier alpha value is -12.4. The highest BCUT2D eigenvalue weighted by molar-refractivity contribution is 6.13. The Balaban J connectivity index is -0.000000267. The third kappa shape index (κ3) is 23.9. The molecule has 0 bridgehead atoms. The van der Waals surface area contributed by atoms with Crippen LogP contribution in [0.4, 0.5) is 104 Å². The van der Waals surface area contributed by atoms with Crippen LogP contribution in [-0.4, -0.2) is 157 Å². The zero-order valence-electron chi connectivity index (χ0n) is 68.3. The van der Waals surface area contributed by atoms with Crippen molar-refractivity contribution in [3.63, 3.8) is 0 Å². The van der Waals surface area contributed by atoms with Crippen molar-refractivity contribution in [1.82, 2.24) is 50.5 Å². The third-order valence-corrected chi connectivity index (χ3v) is 21.0. The molecule has 5 atom stereocenters. The lowest BCUT2D eigenvalue weighted by atomic mass is 9.78. The predicted octanol–water partition coefficient (Wildman–Crippen LogP) is 17.3. The van der Waals surface area contributed by atoms with Gasteiger partial charge < -0.3 is 70.6 Å². The van der Waals surface area contributed by atoms with Gasteiger partial charge in [0.2, 0.25) is 23.1 Å². The van der Waals surface area contributed by atoms with Crippen molar-refractivity contribution >= 4 is 69.7 Å². The molecule has 2 saturated heterocycles. The first-order valence-electron chi connectivity index (χ1n) is 39.1. The van der Waals surface area contributed by atoms with E-state index >= 15 is 0 Å². The van der Waals surface area contributed by atoms with Crippen LogP contribution < -0.4 is 65.5 Å². The summed E-state index contributed by atoms with van der Waals surface area (Å²) in [5, 5.41) is 22.9. The molecule has 2 aromatic carbocycles. The molecule has 10 aromatic rings. The van der Waals surface area contributed by atoms with Gasteiger partial charge in [-0.3, -0.25) is 19.2 Å². The predicted molar refractivity (Wildman–Crippen MR) is 480 cm³/mol. The number of benzene rings is 2. The number of aromatic nitrogens is 8. The van der Waals surface area contributed by atoms with E-state index in [1.807, 2.05) is 88.4 Å². The topological polar surface area (TPSA) is 402 Å². The van der Waals surface area contributed by atoms with Crippen LogP contribution in [0.5, 0.6) is 0 Å². The van der Waals surface area contributed by atoms with Crippen LogP contribution in [-0.2, 0) is 35.5 Å². The van der Waals surface area contributed by atoms with Crippen molar-refractivity contribution in [1.29, 1.82) is 0 Å². The summed E-state index contributed by atoms with van der Waals surface area (Å²) in [6.45, 7) is 14.7. The molecule has 692 valence electrons. The van der Waals surface area contributed by atoms with Gasteiger partial charge in [-0.05, 0) is 147 Å². The highest BCUT2D eigenvalue weighted by Gasteiger charge is 2.43. The van der Waals surface area contributed by atoms with Gasteiger partial charge in [0.1, 0.15) is 75.0 Å². The van der Waals surface area contributed by atoms with E-state index < -0.39 is 115 Å². The fraction of sp³-hybridized carbons (Fsp3) is 0.349. The maximum atomic E-state index is 14.0. The molecule has 124 heavy (non-hydrogen) atoms. The Kier molecular flexibility index (Phi) is 31.4. The van der Waals surface area contributed by atoms with Crippen LogP contribution in [0.25, 0.3) is 0 Å². The number of nitrogens with zero attached hydrogens (tertiary/aromatic N) is 10. The molecule has 2 aliphatic rings. The fourth-order valence-electron chi connectivity index (χ4n) is 14.0. The Morgan fingerprint density at radius 1 is 0.452 bits per heavy atom. The van der Waals surface area contributed by atoms with Gasteiger partial charge in [0.25, 0.3) is 0 Å². The quantitative estimate of drug-likeness (QED) is 0.0177. The Labute approximate surface area is 729 Å². The third-order valence-electron chi connectivity index (χ3n) is 21.0. The minimum Gasteiger partial charge on any atom is -0.391 e. The number of halogens is 13. The maximum Gasteiger partial charge on any atom is 0.418 e. The Morgan fingerprint density at radius 2 is 0.766 bits per heavy atom. The number of aliphatic hydroxyl groups is 1. The highest BCUT2D eigenvalue weighted by Crippen LogP contribution is 2.40. The van der Waals surface area contributed by atoms with E-state index in [9.17, 15) is 81.4 Å². The SMILES string of the molecule is CC(C)(F)CC1CN(c2ccc(C(F)(F)F)c(C(=O)c3cccnc3N)n2)CCN1.CC(C)C(O)C1CN(c2ccc(C(F)(F)F)c(C(=O)c3cccnc3N)n2)CCN1.CC[C@@](CN)(CNc1ccc(C(F)(F)F)c(C(=O)c2cccnc2N)n1)c1ccccc1.CC[C@](CN)(CNc1ccc(C(F)(F)F)c(C(=O)c2cccnc2N)n1)c1ccccc1.[HH].[HH].[HH].[HH].[HH].[HH].[HH].[HH].[HH].[HH].[HH].[HH].[HH].[HH].[HH].[HH]. The average molecular weight is 1770 g/mol. The Morgan fingerprint density at radius 3 is 1.06 bits per heavy atom. The van der Waals surface area contributed by atoms with Crippen LogP contribution in [0.1, 0.15) is 181 Å². The number of carbonyl (C=O) groups excluding carboxylic acids is 4. The first-order valence-corrected chi connectivity index (χ1v) is 39.1. The van der Waals surface area contributed by atoms with Gasteiger partial charge in [0.05, 0.1) is 56.7 Å². The number of piperazine rings is 2. The number of hydrogen-bond acceptors (Lipinski definition) is 25. The summed E-state index contributed by atoms with van der Waals surface area (Å²) < 4.78 is 177. The summed E-state index contributed by atoms with van der Waals surface area (Å²) >= 11 is 0. The van der Waals surface area contributed by atoms with E-state index in [4.69, 9.17) is 34.4 Å². The molecule has 0 aliphatic carbocycles. The number of hydrogen-bond donors (Lipinski definition) is 11. The number of anilines is 8. The Bertz CT molecular complexity index is 5200. The first kappa shape index (κ1) is 95.4. The lowest BCUT2D eigenvalue weighted by Gasteiger charge is -2.38. The molecule has 12 rings (SSSR count). The minimum atomic E-state index is -4.77. The molecule has 0 saturated carbocycles. The summed E-state index contributed by atoms with van der Waals surface area (Å²) in [6, 6.07) is 38.0. The number of ketones is 4. The number of nitrogens with one attached hydrogen (secondary N) is 4. The summed E-state index contributed by atoms with van der Waals surface area (Å²) in [7, 11) is 0. The molecule has 0 amide bonds. The molecular formula is C86H127F13N20O5. The van der Waals surface area contributed by atoms with E-state index in [-0.39, 0.29) is 116 Å². The van der Waals surface area contributed by atoms with Gasteiger partial charge in [-0.15, -0.1) is 0 Å². The summed E-state index contributed by atoms with van der Waals surface area (Å²) in [4.78, 5) is 86.3. The minimum absolute atomic E-state index is 0. The van der Waals surface area contributed by atoms with E-state index in [1.54, 1.807) is 9.80 Å². The zero-order chi connectivity index (χ0) is 90.9. The van der Waals surface area contributed by atoms with Crippen molar-refractivity contribution in [2.24, 2.45) is 17.4 Å². The second-order valence-corrected chi connectivity index (χ2v) is 30.2. The van der Waals surface area contributed by atoms with E-state index in [2.05, 4.69) is 61.1 Å². The standard InChI is InChI=1S/2C23H24F3N5O.C20H23F4N5O.C20H24F3N5O2.16H2/c2*1-2-22(13-27,15-7-4-3-5-8-15)14-30-18-11-10-17(23(24,25)26)19(31-18)20(32)16-9-6-12-29-21(16)28;1-19(2,21)10-12-11-29(9-8-26-12)15-6-5-14(20(22,23)24)16(28-15)17(30)13-4-3-7-27-18(13)25;1-11(2)17(29)14-10-28(9-8-25-14)15-6-5-13(20(21,22)23)16(27-15)18(30)12-4-3-7-26-19(12)24;;;;;;;;;;;;;;;;/h2*3-12H,2,13-14,27H2,1H3,(H2,28,29)(H,30,31);3-7,12,26H,8-11H2,1-2H3,(H2,25,27);3-7,11,14,17,25,29H,8-10H2,1-2H3,(H2,24,26);16*1H/t2*22-;;;;;;;;;;;;;;;;;;/m10................../s1. The molecular weight excluding hydrogens is 1640 g/mol. The van der Waals surface area contributed by atoms with Crippen molar-refractivity contribution in [3.8, 4) is 0 Å². The maximum absolute atomic E-state index is 14.0. The number of nitrogens with two attached hydrogens (primary N) is 6. The molecule has 0 spiro atoms. The van der Waals surface area contributed by atoms with Crippen molar-refractivity contribution < 1.29 is 104 Å². The molecule has 10 heterocycles. The van der Waals surface area contributed by atoms with E-state index in [0.717, 1.165) is 35.4 Å². The second-order valence-electron chi connectivity index (χ2n) is 30.2. The molecule has 3 unspecified atom stereocenters. The lowest BCUT2D eigenvalue weighted by molar-refractivity contribution is -0.138. The van der Waals surface area contributed by atoms with E-state index in [1.165, 1.54) is 111 Å². The van der Waals surface area contributed by atoms with Gasteiger partial charge in [-0.1, -0.05) is 88.4 Å². The van der Waals surface area contributed by atoms with Crippen LogP contribution >= 0.6 is 0 Å². The fourth-order valence-corrected chi connectivity index (χ4v) is 14.0. The van der Waals surface area contributed by atoms with Gasteiger partial charge in [-0.25, -0.2) is 44.3 Å². The molecule has 38 heteroatoms. The number of alkyl halides is 13. The van der Waals surface area contributed by atoms with Crippen molar-refractivity contribution in [3.05, 3.63) is 261 Å². The number of pyridine rings is 8. The molecule has 2 aliphatic heterocycles. The van der Waals surface area contributed by atoms with Crippen LogP contribution in [0.3, 0.4) is 0 Å². The smallest absolute Gasteiger partial charge is 0.391 e. The monoisotopic (exact) mass is 1770 g/mol. The van der Waals surface area contributed by atoms with Gasteiger partial charge in [0, 0.05) is 130 Å². The van der Waals surface area contributed by atoms with Crippen molar-refractivity contribution in [2.45, 2.75) is 120 Å². The molecule has 17 N–H and O–H groups in total. The number of carbonyl (C=O) groups is 4. The normalized spacial score (nSPS) is 15.7. The molecule has 25 nitrogen and oxygen atoms in total. The number of rotatable bonds is 26. The molecule has 2 fully saturated rings. The van der Waals surface area contributed by atoms with E-state index in [0.29, 0.717) is 78.3 Å². The van der Waals surface area contributed by atoms with Gasteiger partial charge >= 0.3 is 24.7 Å². The number of nitrogen functional groups attached to an aromatic ring is 4. The van der Waals surface area contributed by atoms with Crippen LogP contribution in [0.15, 0.2) is 183 Å².